The predicted octanol–water partition coefficient (Wildman–Crippen LogP) is 2.00. The Morgan fingerprint density at radius 1 is 1.30 bits per heavy atom. The molecule has 6 nitrogen and oxygen atoms in total. The van der Waals surface area contributed by atoms with Gasteiger partial charge in [-0.15, -0.1) is 10.2 Å². The van der Waals surface area contributed by atoms with Crippen LogP contribution in [0.25, 0.3) is 11.4 Å². The zero-order chi connectivity index (χ0) is 14.5. The first-order valence-electron chi connectivity index (χ1n) is 6.11. The van der Waals surface area contributed by atoms with Crippen molar-refractivity contribution in [3.8, 4) is 11.4 Å². The lowest BCUT2D eigenvalue weighted by molar-refractivity contribution is 0.567. The van der Waals surface area contributed by atoms with Gasteiger partial charge in [0, 0.05) is 16.1 Å². The summed E-state index contributed by atoms with van der Waals surface area (Å²) in [5.41, 5.74) is 1.88. The van der Waals surface area contributed by atoms with Gasteiger partial charge >= 0.3 is 0 Å². The number of primary sulfonamides is 1. The minimum atomic E-state index is -3.87. The molecule has 0 atom stereocenters. The highest BCUT2D eigenvalue weighted by Crippen LogP contribution is 2.40. The molecule has 0 saturated heterocycles. The lowest BCUT2D eigenvalue weighted by Crippen LogP contribution is -2.18. The third-order valence-electron chi connectivity index (χ3n) is 3.13. The first-order chi connectivity index (χ1) is 9.36. The van der Waals surface area contributed by atoms with Gasteiger partial charge in [0.2, 0.25) is 0 Å². The van der Waals surface area contributed by atoms with Crippen LogP contribution in [-0.2, 0) is 10.0 Å². The molecule has 1 heterocycles. The summed E-state index contributed by atoms with van der Waals surface area (Å²) in [5, 5.41) is 12.9. The second-order valence-electron chi connectivity index (χ2n) is 4.97. The normalized spacial score (nSPS) is 15.6. The highest BCUT2D eigenvalue weighted by molar-refractivity contribution is 9.10. The molecule has 2 aromatic rings. The van der Waals surface area contributed by atoms with Gasteiger partial charge in [-0.25, -0.2) is 13.6 Å². The summed E-state index contributed by atoms with van der Waals surface area (Å²) < 4.78 is 25.8. The molecular formula is C12H13BrN4O2S. The quantitative estimate of drug-likeness (QED) is 0.910. The Morgan fingerprint density at radius 3 is 2.55 bits per heavy atom. The summed E-state index contributed by atoms with van der Waals surface area (Å²) in [6.45, 7) is 1.96. The van der Waals surface area contributed by atoms with E-state index in [1.54, 1.807) is 4.57 Å². The monoisotopic (exact) mass is 356 g/mol. The summed E-state index contributed by atoms with van der Waals surface area (Å²) in [7, 11) is -3.87. The number of benzene rings is 1. The summed E-state index contributed by atoms with van der Waals surface area (Å²) in [5.74, 6) is 0.543. The maximum atomic E-state index is 11.6. The van der Waals surface area contributed by atoms with Gasteiger partial charge in [0.25, 0.3) is 15.2 Å². The maximum absolute atomic E-state index is 11.6. The molecule has 20 heavy (non-hydrogen) atoms. The Morgan fingerprint density at radius 2 is 2.00 bits per heavy atom. The van der Waals surface area contributed by atoms with E-state index >= 15 is 0 Å². The SMILES string of the molecule is Cc1cc(Br)cc(-c2nnc(S(N)(=O)=O)n2C2CC2)c1. The summed E-state index contributed by atoms with van der Waals surface area (Å²) in [6.07, 6.45) is 1.83. The third-order valence-corrected chi connectivity index (χ3v) is 4.38. The average molecular weight is 357 g/mol. The van der Waals surface area contributed by atoms with E-state index in [4.69, 9.17) is 5.14 Å². The first kappa shape index (κ1) is 13.7. The predicted molar refractivity (Wildman–Crippen MR) is 77.5 cm³/mol. The second kappa shape index (κ2) is 4.64. The van der Waals surface area contributed by atoms with Crippen LogP contribution in [0.1, 0.15) is 24.4 Å². The van der Waals surface area contributed by atoms with Crippen molar-refractivity contribution in [1.29, 1.82) is 0 Å². The van der Waals surface area contributed by atoms with E-state index in [0.717, 1.165) is 28.4 Å². The molecule has 0 bridgehead atoms. The van der Waals surface area contributed by atoms with Gasteiger partial charge in [0.1, 0.15) is 0 Å². The minimum absolute atomic E-state index is 0.118. The van der Waals surface area contributed by atoms with Gasteiger partial charge in [-0.1, -0.05) is 15.9 Å². The topological polar surface area (TPSA) is 90.9 Å². The number of nitrogens with two attached hydrogens (primary N) is 1. The molecule has 1 fully saturated rings. The van der Waals surface area contributed by atoms with Gasteiger partial charge < -0.3 is 0 Å². The Labute approximate surface area is 125 Å². The molecular weight excluding hydrogens is 344 g/mol. The molecule has 0 unspecified atom stereocenters. The van der Waals surface area contributed by atoms with Gasteiger partial charge in [0.05, 0.1) is 0 Å². The van der Waals surface area contributed by atoms with Crippen LogP contribution in [0.5, 0.6) is 0 Å². The molecule has 0 amide bonds. The molecule has 0 spiro atoms. The second-order valence-corrected chi connectivity index (χ2v) is 7.34. The summed E-state index contributed by atoms with van der Waals surface area (Å²) >= 11 is 3.43. The molecule has 2 N–H and O–H groups in total. The zero-order valence-electron chi connectivity index (χ0n) is 10.7. The van der Waals surface area contributed by atoms with Crippen molar-refractivity contribution in [3.63, 3.8) is 0 Å². The Hall–Kier alpha value is -1.25. The molecule has 3 rings (SSSR count). The van der Waals surface area contributed by atoms with E-state index in [9.17, 15) is 8.42 Å². The number of halogens is 1. The van der Waals surface area contributed by atoms with Gasteiger partial charge in [-0.05, 0) is 43.5 Å². The van der Waals surface area contributed by atoms with E-state index in [0.29, 0.717) is 5.82 Å². The van der Waals surface area contributed by atoms with Crippen LogP contribution >= 0.6 is 15.9 Å². The van der Waals surface area contributed by atoms with E-state index < -0.39 is 10.0 Å². The minimum Gasteiger partial charge on any atom is -0.294 e. The lowest BCUT2D eigenvalue weighted by atomic mass is 10.1. The fraction of sp³-hybridized carbons (Fsp3) is 0.333. The highest BCUT2D eigenvalue weighted by Gasteiger charge is 2.33. The van der Waals surface area contributed by atoms with Crippen molar-refractivity contribution in [1.82, 2.24) is 14.8 Å². The molecule has 0 aliphatic heterocycles. The van der Waals surface area contributed by atoms with E-state index in [-0.39, 0.29) is 11.2 Å². The molecule has 1 aliphatic rings. The Balaban J connectivity index is 2.22. The van der Waals surface area contributed by atoms with Crippen LogP contribution in [0.4, 0.5) is 0 Å². The third kappa shape index (κ3) is 2.50. The first-order valence-corrected chi connectivity index (χ1v) is 8.45. The van der Waals surface area contributed by atoms with Crippen molar-refractivity contribution < 1.29 is 8.42 Å². The number of nitrogens with zero attached hydrogens (tertiary/aromatic N) is 3. The summed E-state index contributed by atoms with van der Waals surface area (Å²) in [6, 6.07) is 5.93. The molecule has 1 aliphatic carbocycles. The number of rotatable bonds is 3. The summed E-state index contributed by atoms with van der Waals surface area (Å²) in [4.78, 5) is 0. The average Bonchev–Trinajstić information content (AvgIpc) is 3.04. The van der Waals surface area contributed by atoms with Crippen LogP contribution in [0.15, 0.2) is 27.8 Å². The maximum Gasteiger partial charge on any atom is 0.273 e. The number of hydrogen-bond donors (Lipinski definition) is 1. The van der Waals surface area contributed by atoms with Gasteiger partial charge in [-0.2, -0.15) is 0 Å². The van der Waals surface area contributed by atoms with Crippen molar-refractivity contribution in [2.24, 2.45) is 5.14 Å². The van der Waals surface area contributed by atoms with Crippen LogP contribution in [-0.4, -0.2) is 23.2 Å². The lowest BCUT2D eigenvalue weighted by Gasteiger charge is -2.08. The zero-order valence-corrected chi connectivity index (χ0v) is 13.1. The largest absolute Gasteiger partial charge is 0.294 e. The number of hydrogen-bond acceptors (Lipinski definition) is 4. The van der Waals surface area contributed by atoms with Crippen molar-refractivity contribution >= 4 is 26.0 Å². The van der Waals surface area contributed by atoms with E-state index in [1.165, 1.54) is 0 Å². The standard InChI is InChI=1S/C12H13BrN4O2S/c1-7-4-8(6-9(13)5-7)11-15-16-12(20(14,18)19)17(11)10-2-3-10/h4-6,10H,2-3H2,1H3,(H2,14,18,19). The van der Waals surface area contributed by atoms with Crippen molar-refractivity contribution in [3.05, 3.63) is 28.2 Å². The number of sulfonamides is 1. The van der Waals surface area contributed by atoms with Gasteiger partial charge in [-0.3, -0.25) is 4.57 Å². The smallest absolute Gasteiger partial charge is 0.273 e. The molecule has 0 radical (unpaired) electrons. The highest BCUT2D eigenvalue weighted by atomic mass is 79.9. The fourth-order valence-electron chi connectivity index (χ4n) is 2.20. The number of aromatic nitrogens is 3. The molecule has 1 aromatic heterocycles. The van der Waals surface area contributed by atoms with Crippen LogP contribution < -0.4 is 5.14 Å². The van der Waals surface area contributed by atoms with Crippen molar-refractivity contribution in [2.75, 3.05) is 0 Å². The molecule has 106 valence electrons. The Bertz CT molecular complexity index is 761. The molecule has 1 saturated carbocycles. The fourth-order valence-corrected chi connectivity index (χ4v) is 3.47. The van der Waals surface area contributed by atoms with Crippen LogP contribution in [0, 0.1) is 6.92 Å². The van der Waals surface area contributed by atoms with Crippen LogP contribution in [0.2, 0.25) is 0 Å². The molecule has 8 heteroatoms. The van der Waals surface area contributed by atoms with Gasteiger partial charge in [0.15, 0.2) is 5.82 Å². The Kier molecular flexibility index (Phi) is 3.19. The molecule has 1 aromatic carbocycles. The van der Waals surface area contributed by atoms with E-state index in [1.807, 2.05) is 25.1 Å². The van der Waals surface area contributed by atoms with E-state index in [2.05, 4.69) is 26.1 Å². The van der Waals surface area contributed by atoms with Crippen LogP contribution in [0.3, 0.4) is 0 Å². The number of aryl methyl sites for hydroxylation is 1. The van der Waals surface area contributed by atoms with Crippen molar-refractivity contribution in [2.45, 2.75) is 31.0 Å².